The van der Waals surface area contributed by atoms with E-state index in [4.69, 9.17) is 4.74 Å². The van der Waals surface area contributed by atoms with Gasteiger partial charge in [-0.3, -0.25) is 19.5 Å². The Morgan fingerprint density at radius 2 is 1.93 bits per heavy atom. The number of rotatable bonds is 7. The van der Waals surface area contributed by atoms with E-state index in [1.807, 2.05) is 0 Å². The lowest BCUT2D eigenvalue weighted by molar-refractivity contribution is -0.384. The number of hydrogen-bond donors (Lipinski definition) is 0. The number of ketones is 1. The minimum absolute atomic E-state index is 0.0471. The molecule has 0 radical (unpaired) electrons. The van der Waals surface area contributed by atoms with Gasteiger partial charge < -0.3 is 9.64 Å². The summed E-state index contributed by atoms with van der Waals surface area (Å²) in [5.74, 6) is 0.241. The van der Waals surface area contributed by atoms with Crippen molar-refractivity contribution in [3.8, 4) is 6.01 Å². The number of hydrogen-bond acceptors (Lipinski definition) is 6. The molecule has 0 atom stereocenters. The maximum absolute atomic E-state index is 12.7. The predicted octanol–water partition coefficient (Wildman–Crippen LogP) is 3.06. The SMILES string of the molecule is CC(C)N1CCC(COc2ncc(C(=O)c3ccc([N+](=O)[O-])cc3)n2C)CC1. The van der Waals surface area contributed by atoms with Crippen LogP contribution in [0.4, 0.5) is 5.69 Å². The van der Waals surface area contributed by atoms with Gasteiger partial charge in [-0.15, -0.1) is 0 Å². The molecular formula is C20H26N4O4. The molecule has 0 spiro atoms. The van der Waals surface area contributed by atoms with Crippen LogP contribution in [0.1, 0.15) is 42.7 Å². The second-order valence-corrected chi connectivity index (χ2v) is 7.50. The maximum atomic E-state index is 12.7. The van der Waals surface area contributed by atoms with Gasteiger partial charge in [-0.05, 0) is 57.8 Å². The Morgan fingerprint density at radius 1 is 1.29 bits per heavy atom. The standard InChI is InChI=1S/C20H26N4O4/c1-14(2)23-10-8-15(9-11-23)13-28-20-21-12-18(22(20)3)19(25)16-4-6-17(7-5-16)24(26)27/h4-7,12,14-15H,8-11,13H2,1-3H3. The lowest BCUT2D eigenvalue weighted by Crippen LogP contribution is -2.39. The number of benzene rings is 1. The maximum Gasteiger partial charge on any atom is 0.296 e. The molecule has 0 aliphatic carbocycles. The summed E-state index contributed by atoms with van der Waals surface area (Å²) in [5, 5.41) is 10.8. The highest BCUT2D eigenvalue weighted by molar-refractivity contribution is 6.08. The molecule has 1 aromatic heterocycles. The second-order valence-electron chi connectivity index (χ2n) is 7.50. The van der Waals surface area contributed by atoms with Crippen molar-refractivity contribution in [2.75, 3.05) is 19.7 Å². The van der Waals surface area contributed by atoms with E-state index >= 15 is 0 Å². The van der Waals surface area contributed by atoms with Crippen molar-refractivity contribution in [1.29, 1.82) is 0 Å². The summed E-state index contributed by atoms with van der Waals surface area (Å²) in [7, 11) is 1.74. The molecule has 2 aromatic rings. The minimum Gasteiger partial charge on any atom is -0.464 e. The fourth-order valence-corrected chi connectivity index (χ4v) is 3.45. The summed E-state index contributed by atoms with van der Waals surface area (Å²) in [6, 6.07) is 6.54. The van der Waals surface area contributed by atoms with E-state index in [1.165, 1.54) is 30.5 Å². The summed E-state index contributed by atoms with van der Waals surface area (Å²) >= 11 is 0. The summed E-state index contributed by atoms with van der Waals surface area (Å²) in [6.45, 7) is 7.18. The van der Waals surface area contributed by atoms with E-state index in [2.05, 4.69) is 23.7 Å². The number of ether oxygens (including phenoxy) is 1. The molecule has 1 aromatic carbocycles. The van der Waals surface area contributed by atoms with Crippen molar-refractivity contribution < 1.29 is 14.5 Å². The fraction of sp³-hybridized carbons (Fsp3) is 0.500. The molecule has 0 bridgehead atoms. The van der Waals surface area contributed by atoms with Crippen LogP contribution >= 0.6 is 0 Å². The molecule has 28 heavy (non-hydrogen) atoms. The Morgan fingerprint density at radius 3 is 2.50 bits per heavy atom. The molecule has 1 aliphatic rings. The number of nitrogens with zero attached hydrogens (tertiary/aromatic N) is 4. The van der Waals surface area contributed by atoms with E-state index in [1.54, 1.807) is 11.6 Å². The van der Waals surface area contributed by atoms with Crippen molar-refractivity contribution in [2.24, 2.45) is 13.0 Å². The average Bonchev–Trinajstić information content (AvgIpc) is 3.06. The van der Waals surface area contributed by atoms with Crippen LogP contribution in [0.15, 0.2) is 30.5 Å². The molecule has 0 unspecified atom stereocenters. The van der Waals surface area contributed by atoms with Crippen molar-refractivity contribution in [3.05, 3.63) is 51.8 Å². The Balaban J connectivity index is 1.60. The first kappa shape index (κ1) is 20.0. The summed E-state index contributed by atoms with van der Waals surface area (Å²) in [4.78, 5) is 29.6. The molecule has 3 rings (SSSR count). The second kappa shape index (κ2) is 8.52. The van der Waals surface area contributed by atoms with Crippen LogP contribution in [0.5, 0.6) is 6.01 Å². The largest absolute Gasteiger partial charge is 0.464 e. The van der Waals surface area contributed by atoms with Crippen molar-refractivity contribution in [1.82, 2.24) is 14.5 Å². The molecule has 0 amide bonds. The molecule has 2 heterocycles. The molecular weight excluding hydrogens is 360 g/mol. The number of aromatic nitrogens is 2. The molecule has 150 valence electrons. The van der Waals surface area contributed by atoms with Gasteiger partial charge in [0.1, 0.15) is 5.69 Å². The van der Waals surface area contributed by atoms with Crippen molar-refractivity contribution in [2.45, 2.75) is 32.7 Å². The van der Waals surface area contributed by atoms with E-state index < -0.39 is 4.92 Å². The number of likely N-dealkylation sites (tertiary alicyclic amines) is 1. The first-order valence-corrected chi connectivity index (χ1v) is 9.54. The summed E-state index contributed by atoms with van der Waals surface area (Å²) in [6.07, 6.45) is 3.68. The highest BCUT2D eigenvalue weighted by Gasteiger charge is 2.23. The Hall–Kier alpha value is -2.74. The third kappa shape index (κ3) is 4.39. The number of carbonyl (C=O) groups excluding carboxylic acids is 1. The monoisotopic (exact) mass is 386 g/mol. The normalized spacial score (nSPS) is 15.7. The van der Waals surface area contributed by atoms with Crippen LogP contribution in [-0.4, -0.2) is 50.9 Å². The zero-order chi connectivity index (χ0) is 20.3. The molecule has 1 fully saturated rings. The van der Waals surface area contributed by atoms with Gasteiger partial charge in [-0.25, -0.2) is 4.98 Å². The molecule has 0 N–H and O–H groups in total. The van der Waals surface area contributed by atoms with E-state index in [0.29, 0.717) is 35.8 Å². The first-order chi connectivity index (χ1) is 13.4. The van der Waals surface area contributed by atoms with E-state index in [-0.39, 0.29) is 11.5 Å². The van der Waals surface area contributed by atoms with Gasteiger partial charge in [-0.1, -0.05) is 0 Å². The molecule has 0 saturated carbocycles. The fourth-order valence-electron chi connectivity index (χ4n) is 3.45. The quantitative estimate of drug-likeness (QED) is 0.413. The van der Waals surface area contributed by atoms with Gasteiger partial charge >= 0.3 is 0 Å². The number of piperidine rings is 1. The number of nitro benzene ring substituents is 1. The Kier molecular flexibility index (Phi) is 6.08. The van der Waals surface area contributed by atoms with Gasteiger partial charge in [0.05, 0.1) is 17.7 Å². The number of carbonyl (C=O) groups is 1. The number of imidazole rings is 1. The highest BCUT2D eigenvalue weighted by Crippen LogP contribution is 2.22. The highest BCUT2D eigenvalue weighted by atomic mass is 16.6. The smallest absolute Gasteiger partial charge is 0.296 e. The van der Waals surface area contributed by atoms with Crippen molar-refractivity contribution in [3.63, 3.8) is 0 Å². The predicted molar refractivity (Wildman–Crippen MR) is 105 cm³/mol. The topological polar surface area (TPSA) is 90.5 Å². The van der Waals surface area contributed by atoms with E-state index in [0.717, 1.165) is 25.9 Å². The lowest BCUT2D eigenvalue weighted by Gasteiger charge is -2.34. The zero-order valence-electron chi connectivity index (χ0n) is 16.5. The lowest BCUT2D eigenvalue weighted by atomic mass is 9.97. The Labute approximate surface area is 164 Å². The molecule has 1 saturated heterocycles. The van der Waals surface area contributed by atoms with Crippen molar-refractivity contribution >= 4 is 11.5 Å². The average molecular weight is 386 g/mol. The van der Waals surface area contributed by atoms with Crippen LogP contribution in [0.3, 0.4) is 0 Å². The van der Waals surface area contributed by atoms with E-state index in [9.17, 15) is 14.9 Å². The summed E-state index contributed by atoms with van der Waals surface area (Å²) < 4.78 is 7.51. The van der Waals surface area contributed by atoms with Gasteiger partial charge in [0, 0.05) is 30.8 Å². The van der Waals surface area contributed by atoms with Gasteiger partial charge in [0.15, 0.2) is 0 Å². The molecule has 8 heteroatoms. The van der Waals surface area contributed by atoms with Crippen LogP contribution in [-0.2, 0) is 7.05 Å². The molecule has 1 aliphatic heterocycles. The first-order valence-electron chi connectivity index (χ1n) is 9.54. The number of non-ortho nitro benzene ring substituents is 1. The van der Waals surface area contributed by atoms with Crippen LogP contribution in [0.2, 0.25) is 0 Å². The van der Waals surface area contributed by atoms with Gasteiger partial charge in [-0.2, -0.15) is 0 Å². The van der Waals surface area contributed by atoms with Gasteiger partial charge in [0.2, 0.25) is 5.78 Å². The third-order valence-electron chi connectivity index (χ3n) is 5.35. The Bertz CT molecular complexity index is 836. The minimum atomic E-state index is -0.490. The van der Waals surface area contributed by atoms with Crippen LogP contribution in [0, 0.1) is 16.0 Å². The molecule has 8 nitrogen and oxygen atoms in total. The van der Waals surface area contributed by atoms with Gasteiger partial charge in [0.25, 0.3) is 11.7 Å². The third-order valence-corrected chi connectivity index (χ3v) is 5.35. The zero-order valence-corrected chi connectivity index (χ0v) is 16.5. The van der Waals surface area contributed by atoms with Crippen LogP contribution < -0.4 is 4.74 Å². The number of nitro groups is 1. The summed E-state index contributed by atoms with van der Waals surface area (Å²) in [5.41, 5.74) is 0.716. The van der Waals surface area contributed by atoms with Crippen LogP contribution in [0.25, 0.3) is 0 Å².